The zero-order chi connectivity index (χ0) is 26.3. The van der Waals surface area contributed by atoms with Crippen LogP contribution in [0.1, 0.15) is 24.1 Å². The molecule has 2 aliphatic rings. The molecular weight excluding hydrogens is 500 g/mol. The Morgan fingerprint density at radius 1 is 1.11 bits per heavy atom. The summed E-state index contributed by atoms with van der Waals surface area (Å²) >= 11 is 0. The van der Waals surface area contributed by atoms with E-state index in [-0.39, 0.29) is 11.5 Å². The molecule has 5 rings (SSSR count). The highest BCUT2D eigenvalue weighted by Crippen LogP contribution is 2.42. The summed E-state index contributed by atoms with van der Waals surface area (Å²) < 4.78 is 34.7. The van der Waals surface area contributed by atoms with E-state index < -0.39 is 46.1 Å². The fraction of sp³-hybridized carbons (Fsp3) is 0.320. The Morgan fingerprint density at radius 3 is 2.51 bits per heavy atom. The number of rotatable bonds is 7. The van der Waals surface area contributed by atoms with Crippen LogP contribution >= 0.6 is 0 Å². The molecule has 2 fully saturated rings. The van der Waals surface area contributed by atoms with Crippen LogP contribution in [0.15, 0.2) is 59.5 Å². The minimum atomic E-state index is -4.10. The Bertz CT molecular complexity index is 1460. The monoisotopic (exact) mass is 526 g/mol. The second kappa shape index (κ2) is 9.61. The third-order valence-corrected chi connectivity index (χ3v) is 8.55. The molecule has 3 aromatic rings. The van der Waals surface area contributed by atoms with Gasteiger partial charge in [0.1, 0.15) is 12.4 Å². The number of pyridine rings is 1. The van der Waals surface area contributed by atoms with E-state index in [4.69, 9.17) is 9.94 Å². The molecule has 4 unspecified atom stereocenters. The van der Waals surface area contributed by atoms with Crippen molar-refractivity contribution in [3.63, 3.8) is 0 Å². The number of hydrogen-bond acceptors (Lipinski definition) is 7. The van der Waals surface area contributed by atoms with Gasteiger partial charge >= 0.3 is 6.09 Å². The summed E-state index contributed by atoms with van der Waals surface area (Å²) in [6.07, 6.45) is -0.412. The third kappa shape index (κ3) is 4.59. The summed E-state index contributed by atoms with van der Waals surface area (Å²) in [5.41, 5.74) is 4.22. The van der Waals surface area contributed by atoms with Gasteiger partial charge in [0, 0.05) is 22.7 Å². The molecule has 0 saturated carbocycles. The number of carboxylic acid groups (broad SMARTS) is 1. The maximum Gasteiger partial charge on any atom is 0.407 e. The number of nitrogens with one attached hydrogen (secondary N) is 2. The lowest BCUT2D eigenvalue weighted by atomic mass is 9.84. The molecule has 37 heavy (non-hydrogen) atoms. The predicted molar refractivity (Wildman–Crippen MR) is 131 cm³/mol. The maximum atomic E-state index is 13.2. The average Bonchev–Trinajstić information content (AvgIpc) is 3.43. The second-order valence-corrected chi connectivity index (χ2v) is 11.0. The molecule has 3 heterocycles. The van der Waals surface area contributed by atoms with Gasteiger partial charge in [0.25, 0.3) is 0 Å². The van der Waals surface area contributed by atoms with E-state index >= 15 is 0 Å². The molecule has 11 nitrogen and oxygen atoms in total. The summed E-state index contributed by atoms with van der Waals surface area (Å²) in [6.45, 7) is 2.17. The minimum Gasteiger partial charge on any atom is -0.489 e. The summed E-state index contributed by atoms with van der Waals surface area (Å²) in [4.78, 5) is 29.6. The molecule has 1 aromatic heterocycles. The number of para-hydroxylation sites is 1. The molecule has 2 saturated heterocycles. The van der Waals surface area contributed by atoms with Crippen molar-refractivity contribution in [2.75, 3.05) is 0 Å². The molecule has 4 atom stereocenters. The first-order valence-corrected chi connectivity index (χ1v) is 13.2. The van der Waals surface area contributed by atoms with E-state index in [1.165, 1.54) is 24.3 Å². The van der Waals surface area contributed by atoms with Gasteiger partial charge < -0.3 is 9.84 Å². The number of fused-ring (bicyclic) bond motifs is 3. The molecule has 0 aliphatic carbocycles. The van der Waals surface area contributed by atoms with Gasteiger partial charge in [0.2, 0.25) is 15.9 Å². The Morgan fingerprint density at radius 2 is 1.81 bits per heavy atom. The SMILES string of the molecule is Cc1cc(COc2ccc(S(=O)(=O)NC3C(C(=O)NO)C4CCC3N4C(=O)O)cc2)c2ccccc2n1. The van der Waals surface area contributed by atoms with Gasteiger partial charge in [-0.15, -0.1) is 0 Å². The first kappa shape index (κ1) is 24.9. The van der Waals surface area contributed by atoms with Gasteiger partial charge in [-0.25, -0.2) is 23.4 Å². The number of aryl methyl sites for hydroxylation is 1. The average molecular weight is 527 g/mol. The van der Waals surface area contributed by atoms with Gasteiger partial charge in [-0.1, -0.05) is 18.2 Å². The van der Waals surface area contributed by atoms with Crippen molar-refractivity contribution in [2.24, 2.45) is 5.92 Å². The number of benzene rings is 2. The lowest BCUT2D eigenvalue weighted by Crippen LogP contribution is -2.51. The highest BCUT2D eigenvalue weighted by atomic mass is 32.2. The summed E-state index contributed by atoms with van der Waals surface area (Å²) in [7, 11) is -4.10. The molecule has 0 radical (unpaired) electrons. The molecule has 4 N–H and O–H groups in total. The lowest BCUT2D eigenvalue weighted by molar-refractivity contribution is -0.134. The van der Waals surface area contributed by atoms with Crippen LogP contribution in [-0.2, 0) is 21.4 Å². The van der Waals surface area contributed by atoms with Crippen LogP contribution in [-0.4, -0.2) is 58.7 Å². The fourth-order valence-corrected chi connectivity index (χ4v) is 6.83. The number of hydrogen-bond donors (Lipinski definition) is 4. The van der Waals surface area contributed by atoms with Crippen LogP contribution in [0.3, 0.4) is 0 Å². The number of sulfonamides is 1. The standard InChI is InChI=1S/C25H26N4O7S/c1-14-12-15(18-4-2-3-5-19(18)26-14)13-36-16-6-8-17(9-7-16)37(34,35)28-23-21-11-10-20(29(21)25(31)32)22(23)24(30)27-33/h2-9,12,20-23,28,33H,10-11,13H2,1H3,(H,27,30)(H,31,32). The third-order valence-electron chi connectivity index (χ3n) is 7.07. The summed E-state index contributed by atoms with van der Waals surface area (Å²) in [5.74, 6) is -1.41. The van der Waals surface area contributed by atoms with Crippen molar-refractivity contribution in [3.8, 4) is 5.75 Å². The van der Waals surface area contributed by atoms with Gasteiger partial charge in [0.05, 0.1) is 28.4 Å². The summed E-state index contributed by atoms with van der Waals surface area (Å²) in [5, 5.41) is 19.7. The van der Waals surface area contributed by atoms with Gasteiger partial charge in [-0.05, 0) is 56.2 Å². The molecular formula is C25H26N4O7S. The Balaban J connectivity index is 1.32. The van der Waals surface area contributed by atoms with Crippen LogP contribution in [0.4, 0.5) is 4.79 Å². The molecule has 2 aromatic carbocycles. The van der Waals surface area contributed by atoms with Crippen molar-refractivity contribution in [2.45, 2.75) is 49.4 Å². The number of aromatic nitrogens is 1. The Kier molecular flexibility index (Phi) is 6.48. The van der Waals surface area contributed by atoms with E-state index in [1.807, 2.05) is 37.3 Å². The topological polar surface area (TPSA) is 158 Å². The van der Waals surface area contributed by atoms with E-state index in [0.29, 0.717) is 18.6 Å². The lowest BCUT2D eigenvalue weighted by Gasteiger charge is -2.27. The number of amides is 2. The first-order valence-electron chi connectivity index (χ1n) is 11.8. The van der Waals surface area contributed by atoms with Crippen molar-refractivity contribution < 1.29 is 33.1 Å². The molecule has 2 bridgehead atoms. The Hall–Kier alpha value is -3.74. The first-order chi connectivity index (χ1) is 17.7. The smallest absolute Gasteiger partial charge is 0.407 e. The highest BCUT2D eigenvalue weighted by molar-refractivity contribution is 7.89. The number of carbonyl (C=O) groups is 2. The van der Waals surface area contributed by atoms with E-state index in [9.17, 15) is 23.1 Å². The minimum absolute atomic E-state index is 0.0575. The zero-order valence-corrected chi connectivity index (χ0v) is 20.7. The van der Waals surface area contributed by atoms with Crippen molar-refractivity contribution in [1.82, 2.24) is 20.1 Å². The van der Waals surface area contributed by atoms with E-state index in [1.54, 1.807) is 5.48 Å². The van der Waals surface area contributed by atoms with Crippen LogP contribution in [0.2, 0.25) is 0 Å². The Labute approximate surface area is 213 Å². The fourth-order valence-electron chi connectivity index (χ4n) is 5.53. The largest absolute Gasteiger partial charge is 0.489 e. The van der Waals surface area contributed by atoms with E-state index in [2.05, 4.69) is 9.71 Å². The molecule has 0 spiro atoms. The van der Waals surface area contributed by atoms with Crippen LogP contribution in [0.25, 0.3) is 10.9 Å². The van der Waals surface area contributed by atoms with Crippen LogP contribution in [0, 0.1) is 12.8 Å². The van der Waals surface area contributed by atoms with Crippen molar-refractivity contribution in [3.05, 3.63) is 65.9 Å². The van der Waals surface area contributed by atoms with Gasteiger partial charge in [-0.3, -0.25) is 19.9 Å². The van der Waals surface area contributed by atoms with Gasteiger partial charge in [0.15, 0.2) is 0 Å². The molecule has 194 valence electrons. The second-order valence-electron chi connectivity index (χ2n) is 9.25. The maximum absolute atomic E-state index is 13.2. The molecule has 2 aliphatic heterocycles. The van der Waals surface area contributed by atoms with Gasteiger partial charge in [-0.2, -0.15) is 0 Å². The number of hydroxylamine groups is 1. The number of nitrogens with zero attached hydrogens (tertiary/aromatic N) is 2. The summed E-state index contributed by atoms with van der Waals surface area (Å²) in [6, 6.07) is 13.1. The predicted octanol–water partition coefficient (Wildman–Crippen LogP) is 2.42. The van der Waals surface area contributed by atoms with Crippen molar-refractivity contribution >= 4 is 32.9 Å². The number of ether oxygens (including phenoxy) is 1. The molecule has 12 heteroatoms. The molecule has 2 amide bonds. The number of carbonyl (C=O) groups excluding carboxylic acids is 1. The normalized spacial score (nSPS) is 22.8. The zero-order valence-electron chi connectivity index (χ0n) is 19.9. The van der Waals surface area contributed by atoms with Crippen LogP contribution < -0.4 is 14.9 Å². The van der Waals surface area contributed by atoms with Crippen LogP contribution in [0.5, 0.6) is 5.75 Å². The quantitative estimate of drug-likeness (QED) is 0.270. The highest BCUT2D eigenvalue weighted by Gasteiger charge is 2.58. The van der Waals surface area contributed by atoms with E-state index in [0.717, 1.165) is 27.1 Å². The van der Waals surface area contributed by atoms with Crippen molar-refractivity contribution in [1.29, 1.82) is 0 Å².